The normalized spacial score (nSPS) is 21.9. The standard InChI is InChI=1S/C21H28N4O4/c26-19(22-7-9-23-10-12-29-13-11-23)6-3-8-24-20(27)18-14-16-4-1-2-5-17(16)15-25(18)21(24)28/h1-2,4-5,18H,3,6-15H2,(H,22,26)/t18-/m0/s1. The second-order valence-electron chi connectivity index (χ2n) is 7.80. The van der Waals surface area contributed by atoms with E-state index in [-0.39, 0.29) is 24.4 Å². The summed E-state index contributed by atoms with van der Waals surface area (Å²) in [6, 6.07) is 7.31. The second-order valence-corrected chi connectivity index (χ2v) is 7.80. The fraction of sp³-hybridized carbons (Fsp3) is 0.571. The number of ether oxygens (including phenoxy) is 1. The molecule has 0 radical (unpaired) electrons. The Hall–Kier alpha value is -2.45. The van der Waals surface area contributed by atoms with Crippen LogP contribution in [0.4, 0.5) is 4.79 Å². The molecule has 4 amide bonds. The first-order valence-electron chi connectivity index (χ1n) is 10.4. The fourth-order valence-corrected chi connectivity index (χ4v) is 4.24. The molecule has 3 heterocycles. The molecule has 0 aromatic heterocycles. The highest BCUT2D eigenvalue weighted by Gasteiger charge is 2.46. The SMILES string of the molecule is O=C(CCCN1C(=O)[C@@H]2Cc3ccccc3CN2C1=O)NCCN1CCOCC1. The lowest BCUT2D eigenvalue weighted by atomic mass is 9.95. The van der Waals surface area contributed by atoms with Gasteiger partial charge in [0.15, 0.2) is 0 Å². The van der Waals surface area contributed by atoms with Crippen LogP contribution in [-0.2, 0) is 27.3 Å². The van der Waals surface area contributed by atoms with Gasteiger partial charge in [0.25, 0.3) is 5.91 Å². The van der Waals surface area contributed by atoms with E-state index in [4.69, 9.17) is 4.74 Å². The van der Waals surface area contributed by atoms with Gasteiger partial charge in [-0.1, -0.05) is 24.3 Å². The first-order valence-corrected chi connectivity index (χ1v) is 10.4. The number of urea groups is 1. The lowest BCUT2D eigenvalue weighted by molar-refractivity contribution is -0.129. The predicted octanol–water partition coefficient (Wildman–Crippen LogP) is 0.604. The molecule has 0 unspecified atom stereocenters. The molecule has 3 aliphatic rings. The van der Waals surface area contributed by atoms with Crippen LogP contribution in [0.2, 0.25) is 0 Å². The summed E-state index contributed by atoms with van der Waals surface area (Å²) in [5.74, 6) is -0.181. The Kier molecular flexibility index (Phi) is 6.10. The number of benzene rings is 1. The molecule has 4 rings (SSSR count). The number of hydrogen-bond donors (Lipinski definition) is 1. The molecule has 0 aliphatic carbocycles. The summed E-state index contributed by atoms with van der Waals surface area (Å²) in [5.41, 5.74) is 2.24. The van der Waals surface area contributed by atoms with Gasteiger partial charge < -0.3 is 15.0 Å². The molecule has 2 saturated heterocycles. The predicted molar refractivity (Wildman–Crippen MR) is 106 cm³/mol. The van der Waals surface area contributed by atoms with Crippen molar-refractivity contribution >= 4 is 17.8 Å². The van der Waals surface area contributed by atoms with E-state index in [0.29, 0.717) is 32.4 Å². The number of amides is 4. The quantitative estimate of drug-likeness (QED) is 0.678. The second kappa shape index (κ2) is 8.92. The van der Waals surface area contributed by atoms with Gasteiger partial charge in [-0.3, -0.25) is 19.4 Å². The fourth-order valence-electron chi connectivity index (χ4n) is 4.24. The van der Waals surface area contributed by atoms with Gasteiger partial charge in [0.05, 0.1) is 13.2 Å². The van der Waals surface area contributed by atoms with E-state index < -0.39 is 6.04 Å². The van der Waals surface area contributed by atoms with Gasteiger partial charge in [-0.05, 0) is 17.5 Å². The van der Waals surface area contributed by atoms with E-state index in [1.54, 1.807) is 4.90 Å². The van der Waals surface area contributed by atoms with E-state index in [9.17, 15) is 14.4 Å². The first-order chi connectivity index (χ1) is 14.1. The maximum atomic E-state index is 12.7. The molecule has 2 fully saturated rings. The molecule has 29 heavy (non-hydrogen) atoms. The number of carbonyl (C=O) groups is 3. The smallest absolute Gasteiger partial charge is 0.327 e. The van der Waals surface area contributed by atoms with E-state index in [2.05, 4.69) is 10.2 Å². The molecular formula is C21H28N4O4. The molecule has 1 atom stereocenters. The average molecular weight is 400 g/mol. The molecule has 1 N–H and O–H groups in total. The van der Waals surface area contributed by atoms with Crippen molar-refractivity contribution in [2.75, 3.05) is 45.9 Å². The van der Waals surface area contributed by atoms with Gasteiger partial charge in [-0.15, -0.1) is 0 Å². The minimum absolute atomic E-state index is 0.0394. The number of fused-ring (bicyclic) bond motifs is 2. The molecule has 0 spiro atoms. The number of morpholine rings is 1. The highest BCUT2D eigenvalue weighted by atomic mass is 16.5. The largest absolute Gasteiger partial charge is 0.379 e. The summed E-state index contributed by atoms with van der Waals surface area (Å²) in [7, 11) is 0. The number of carbonyl (C=O) groups excluding carboxylic acids is 3. The lowest BCUT2D eigenvalue weighted by Gasteiger charge is -2.28. The van der Waals surface area contributed by atoms with Crippen LogP contribution in [0.25, 0.3) is 0 Å². The highest BCUT2D eigenvalue weighted by Crippen LogP contribution is 2.30. The molecule has 1 aromatic carbocycles. The third-order valence-corrected chi connectivity index (χ3v) is 5.92. The summed E-state index contributed by atoms with van der Waals surface area (Å²) in [5, 5.41) is 2.92. The maximum Gasteiger partial charge on any atom is 0.327 e. The summed E-state index contributed by atoms with van der Waals surface area (Å²) < 4.78 is 5.31. The van der Waals surface area contributed by atoms with Crippen LogP contribution < -0.4 is 5.32 Å². The first kappa shape index (κ1) is 19.8. The van der Waals surface area contributed by atoms with Gasteiger partial charge in [-0.2, -0.15) is 0 Å². The molecule has 0 saturated carbocycles. The van der Waals surface area contributed by atoms with E-state index >= 15 is 0 Å². The maximum absolute atomic E-state index is 12.7. The van der Waals surface area contributed by atoms with Crippen LogP contribution in [0.1, 0.15) is 24.0 Å². The number of hydrogen-bond acceptors (Lipinski definition) is 5. The van der Waals surface area contributed by atoms with E-state index in [0.717, 1.165) is 44.0 Å². The Morgan fingerprint density at radius 2 is 1.86 bits per heavy atom. The van der Waals surface area contributed by atoms with Gasteiger partial charge in [0.2, 0.25) is 5.91 Å². The van der Waals surface area contributed by atoms with Crippen LogP contribution in [0.15, 0.2) is 24.3 Å². The van der Waals surface area contributed by atoms with Crippen molar-refractivity contribution in [2.24, 2.45) is 0 Å². The lowest BCUT2D eigenvalue weighted by Crippen LogP contribution is -2.41. The molecule has 3 aliphatic heterocycles. The Morgan fingerprint density at radius 1 is 1.10 bits per heavy atom. The minimum atomic E-state index is -0.403. The Bertz CT molecular complexity index is 735. The van der Waals surface area contributed by atoms with Gasteiger partial charge in [0.1, 0.15) is 6.04 Å². The zero-order valence-corrected chi connectivity index (χ0v) is 16.6. The number of nitrogens with one attached hydrogen (secondary N) is 1. The Morgan fingerprint density at radius 3 is 2.66 bits per heavy atom. The van der Waals surface area contributed by atoms with Crippen molar-refractivity contribution in [1.82, 2.24) is 20.0 Å². The summed E-state index contributed by atoms with van der Waals surface area (Å²) in [6.07, 6.45) is 1.36. The summed E-state index contributed by atoms with van der Waals surface area (Å²) >= 11 is 0. The van der Waals surface area contributed by atoms with Crippen molar-refractivity contribution in [3.63, 3.8) is 0 Å². The average Bonchev–Trinajstić information content (AvgIpc) is 2.97. The van der Waals surface area contributed by atoms with Gasteiger partial charge in [-0.25, -0.2) is 4.79 Å². The van der Waals surface area contributed by atoms with Gasteiger partial charge >= 0.3 is 6.03 Å². The molecular weight excluding hydrogens is 372 g/mol. The Labute approximate surface area is 170 Å². The van der Waals surface area contributed by atoms with Crippen LogP contribution >= 0.6 is 0 Å². The van der Waals surface area contributed by atoms with Crippen LogP contribution in [-0.4, -0.2) is 84.5 Å². The van der Waals surface area contributed by atoms with Crippen molar-refractivity contribution in [3.05, 3.63) is 35.4 Å². The minimum Gasteiger partial charge on any atom is -0.379 e. The monoisotopic (exact) mass is 400 g/mol. The summed E-state index contributed by atoms with van der Waals surface area (Å²) in [4.78, 5) is 42.7. The van der Waals surface area contributed by atoms with Crippen molar-refractivity contribution in [1.29, 1.82) is 0 Å². The van der Waals surface area contributed by atoms with Gasteiger partial charge in [0, 0.05) is 52.1 Å². The molecule has 0 bridgehead atoms. The molecule has 156 valence electrons. The summed E-state index contributed by atoms with van der Waals surface area (Å²) in [6.45, 7) is 5.47. The topological polar surface area (TPSA) is 82.2 Å². The van der Waals surface area contributed by atoms with E-state index in [1.165, 1.54) is 4.90 Å². The number of rotatable bonds is 7. The third-order valence-electron chi connectivity index (χ3n) is 5.92. The molecule has 8 heteroatoms. The third kappa shape index (κ3) is 4.43. The number of imide groups is 1. The van der Waals surface area contributed by atoms with Crippen LogP contribution in [0, 0.1) is 0 Å². The van der Waals surface area contributed by atoms with Crippen LogP contribution in [0.5, 0.6) is 0 Å². The van der Waals surface area contributed by atoms with Crippen LogP contribution in [0.3, 0.4) is 0 Å². The van der Waals surface area contributed by atoms with E-state index in [1.807, 2.05) is 24.3 Å². The molecule has 1 aromatic rings. The molecule has 8 nitrogen and oxygen atoms in total. The zero-order chi connectivity index (χ0) is 20.2. The number of nitrogens with zero attached hydrogens (tertiary/aromatic N) is 3. The zero-order valence-electron chi connectivity index (χ0n) is 16.6. The van der Waals surface area contributed by atoms with Crippen molar-refractivity contribution in [2.45, 2.75) is 31.8 Å². The Balaban J connectivity index is 1.21. The van der Waals surface area contributed by atoms with Crippen molar-refractivity contribution in [3.8, 4) is 0 Å². The highest BCUT2D eigenvalue weighted by molar-refractivity contribution is 6.04. The van der Waals surface area contributed by atoms with Crippen molar-refractivity contribution < 1.29 is 19.1 Å².